The van der Waals surface area contributed by atoms with Gasteiger partial charge in [0.1, 0.15) is 0 Å². The highest BCUT2D eigenvalue weighted by atomic mass is 16.4. The van der Waals surface area contributed by atoms with Crippen LogP contribution < -0.4 is 5.32 Å². The lowest BCUT2D eigenvalue weighted by Crippen LogP contribution is -2.46. The Balaban J connectivity index is 4.34. The Morgan fingerprint density at radius 2 is 1.58 bits per heavy atom. The second-order valence-electron chi connectivity index (χ2n) is 5.54. The summed E-state index contributed by atoms with van der Waals surface area (Å²) in [6.07, 6.45) is 4.02. The molecule has 0 spiro atoms. The fourth-order valence-corrected chi connectivity index (χ4v) is 1.50. The number of hydrogen-bond acceptors (Lipinski definition) is 2. The standard InChI is InChI=1S/C14H28N2O3/c1-5-7-9-16(10-8-6-2)13(19)15-11-14(3,4)12(17)18/h5-11H2,1-4H3,(H,15,19)(H,17,18). The van der Waals surface area contributed by atoms with Crippen molar-refractivity contribution in [2.45, 2.75) is 53.4 Å². The monoisotopic (exact) mass is 272 g/mol. The molecule has 0 fully saturated rings. The predicted molar refractivity (Wildman–Crippen MR) is 76.2 cm³/mol. The van der Waals surface area contributed by atoms with E-state index in [-0.39, 0.29) is 12.6 Å². The van der Waals surface area contributed by atoms with Gasteiger partial charge in [-0.1, -0.05) is 26.7 Å². The lowest BCUT2D eigenvalue weighted by atomic mass is 9.94. The van der Waals surface area contributed by atoms with Gasteiger partial charge in [-0.05, 0) is 26.7 Å². The van der Waals surface area contributed by atoms with Gasteiger partial charge in [0, 0.05) is 19.6 Å². The highest BCUT2D eigenvalue weighted by Gasteiger charge is 2.28. The lowest BCUT2D eigenvalue weighted by molar-refractivity contribution is -0.146. The van der Waals surface area contributed by atoms with Crippen LogP contribution in [0.3, 0.4) is 0 Å². The van der Waals surface area contributed by atoms with E-state index in [2.05, 4.69) is 19.2 Å². The van der Waals surface area contributed by atoms with Crippen LogP contribution in [0.25, 0.3) is 0 Å². The van der Waals surface area contributed by atoms with E-state index >= 15 is 0 Å². The van der Waals surface area contributed by atoms with Crippen LogP contribution in [0.1, 0.15) is 53.4 Å². The van der Waals surface area contributed by atoms with Crippen molar-refractivity contribution in [3.8, 4) is 0 Å². The Labute approximate surface area is 116 Å². The Bertz CT molecular complexity index is 282. The van der Waals surface area contributed by atoms with Crippen molar-refractivity contribution >= 4 is 12.0 Å². The molecule has 2 N–H and O–H groups in total. The van der Waals surface area contributed by atoms with Gasteiger partial charge in [-0.2, -0.15) is 0 Å². The van der Waals surface area contributed by atoms with E-state index in [9.17, 15) is 9.59 Å². The molecule has 112 valence electrons. The number of unbranched alkanes of at least 4 members (excludes halogenated alkanes) is 2. The van der Waals surface area contributed by atoms with Gasteiger partial charge in [-0.25, -0.2) is 4.79 Å². The third kappa shape index (κ3) is 7.03. The first-order valence-electron chi connectivity index (χ1n) is 7.11. The Kier molecular flexibility index (Phi) is 8.19. The number of carboxylic acid groups (broad SMARTS) is 1. The molecule has 19 heavy (non-hydrogen) atoms. The normalized spacial score (nSPS) is 11.2. The fraction of sp³-hybridized carbons (Fsp3) is 0.857. The molecule has 0 aromatic rings. The molecule has 5 nitrogen and oxygen atoms in total. The summed E-state index contributed by atoms with van der Waals surface area (Å²) in [5.41, 5.74) is -0.934. The predicted octanol–water partition coefficient (Wildman–Crippen LogP) is 2.71. The van der Waals surface area contributed by atoms with Gasteiger partial charge < -0.3 is 15.3 Å². The number of amides is 2. The molecular formula is C14H28N2O3. The molecule has 0 rings (SSSR count). The van der Waals surface area contributed by atoms with Gasteiger partial charge in [-0.3, -0.25) is 4.79 Å². The van der Waals surface area contributed by atoms with Crippen molar-refractivity contribution in [1.82, 2.24) is 10.2 Å². The van der Waals surface area contributed by atoms with Crippen molar-refractivity contribution in [3.05, 3.63) is 0 Å². The van der Waals surface area contributed by atoms with Crippen LogP contribution in [0.5, 0.6) is 0 Å². The molecule has 0 unspecified atom stereocenters. The molecule has 0 radical (unpaired) electrons. The minimum atomic E-state index is -0.934. The van der Waals surface area contributed by atoms with Crippen LogP contribution in [0.4, 0.5) is 4.79 Å². The maximum Gasteiger partial charge on any atom is 0.317 e. The zero-order valence-electron chi connectivity index (χ0n) is 12.7. The van der Waals surface area contributed by atoms with Gasteiger partial charge in [0.2, 0.25) is 0 Å². The molecular weight excluding hydrogens is 244 g/mol. The van der Waals surface area contributed by atoms with E-state index in [4.69, 9.17) is 5.11 Å². The fourth-order valence-electron chi connectivity index (χ4n) is 1.50. The summed E-state index contributed by atoms with van der Waals surface area (Å²) < 4.78 is 0. The molecule has 0 aliphatic carbocycles. The number of urea groups is 1. The second-order valence-corrected chi connectivity index (χ2v) is 5.54. The average Bonchev–Trinajstić information content (AvgIpc) is 2.36. The van der Waals surface area contributed by atoms with Crippen LogP contribution in [-0.4, -0.2) is 41.6 Å². The number of carboxylic acids is 1. The number of rotatable bonds is 9. The SMILES string of the molecule is CCCCN(CCCC)C(=O)NCC(C)(C)C(=O)O. The first kappa shape index (κ1) is 17.7. The van der Waals surface area contributed by atoms with Gasteiger partial charge in [-0.15, -0.1) is 0 Å². The van der Waals surface area contributed by atoms with Crippen molar-refractivity contribution in [3.63, 3.8) is 0 Å². The van der Waals surface area contributed by atoms with E-state index in [0.29, 0.717) is 0 Å². The van der Waals surface area contributed by atoms with Crippen molar-refractivity contribution in [2.24, 2.45) is 5.41 Å². The van der Waals surface area contributed by atoms with E-state index in [0.717, 1.165) is 38.8 Å². The summed E-state index contributed by atoms with van der Waals surface area (Å²) in [6.45, 7) is 9.00. The van der Waals surface area contributed by atoms with E-state index in [1.807, 2.05) is 0 Å². The molecule has 0 bridgehead atoms. The number of nitrogens with one attached hydrogen (secondary N) is 1. The van der Waals surface area contributed by atoms with Crippen LogP contribution in [0, 0.1) is 5.41 Å². The molecule has 5 heteroatoms. The molecule has 0 aromatic carbocycles. The zero-order valence-corrected chi connectivity index (χ0v) is 12.7. The summed E-state index contributed by atoms with van der Waals surface area (Å²) in [6, 6.07) is -0.156. The second kappa shape index (κ2) is 8.77. The summed E-state index contributed by atoms with van der Waals surface area (Å²) in [5.74, 6) is -0.901. The highest BCUT2D eigenvalue weighted by molar-refractivity contribution is 5.77. The number of aliphatic carboxylic acids is 1. The van der Waals surface area contributed by atoms with Gasteiger partial charge in [0.25, 0.3) is 0 Å². The molecule has 0 saturated heterocycles. The third-order valence-electron chi connectivity index (χ3n) is 3.11. The molecule has 0 saturated carbocycles. The summed E-state index contributed by atoms with van der Waals surface area (Å²) in [4.78, 5) is 24.8. The maximum absolute atomic E-state index is 12.0. The summed E-state index contributed by atoms with van der Waals surface area (Å²) >= 11 is 0. The van der Waals surface area contributed by atoms with E-state index in [1.165, 1.54) is 0 Å². The first-order valence-corrected chi connectivity index (χ1v) is 7.11. The molecule has 0 heterocycles. The van der Waals surface area contributed by atoms with Crippen molar-refractivity contribution in [1.29, 1.82) is 0 Å². The van der Waals surface area contributed by atoms with Gasteiger partial charge in [0.05, 0.1) is 5.41 Å². The van der Waals surface area contributed by atoms with E-state index < -0.39 is 11.4 Å². The first-order chi connectivity index (χ1) is 8.85. The number of carbonyl (C=O) groups excluding carboxylic acids is 1. The van der Waals surface area contributed by atoms with Crippen LogP contribution in [-0.2, 0) is 4.79 Å². The largest absolute Gasteiger partial charge is 0.481 e. The topological polar surface area (TPSA) is 69.6 Å². The van der Waals surface area contributed by atoms with Crippen LogP contribution >= 0.6 is 0 Å². The lowest BCUT2D eigenvalue weighted by Gasteiger charge is -2.26. The van der Waals surface area contributed by atoms with Gasteiger partial charge >= 0.3 is 12.0 Å². The summed E-state index contributed by atoms with van der Waals surface area (Å²) in [7, 11) is 0. The molecule has 0 atom stereocenters. The molecule has 0 aliphatic heterocycles. The van der Waals surface area contributed by atoms with Crippen molar-refractivity contribution < 1.29 is 14.7 Å². The summed E-state index contributed by atoms with van der Waals surface area (Å²) in [5, 5.41) is 11.7. The Morgan fingerprint density at radius 1 is 1.11 bits per heavy atom. The Morgan fingerprint density at radius 3 is 1.95 bits per heavy atom. The minimum absolute atomic E-state index is 0.149. The van der Waals surface area contributed by atoms with Crippen molar-refractivity contribution in [2.75, 3.05) is 19.6 Å². The quantitative estimate of drug-likeness (QED) is 0.678. The molecule has 0 aromatic heterocycles. The third-order valence-corrected chi connectivity index (χ3v) is 3.11. The maximum atomic E-state index is 12.0. The number of nitrogens with zero attached hydrogens (tertiary/aromatic N) is 1. The van der Waals surface area contributed by atoms with Crippen LogP contribution in [0.2, 0.25) is 0 Å². The minimum Gasteiger partial charge on any atom is -0.481 e. The average molecular weight is 272 g/mol. The smallest absolute Gasteiger partial charge is 0.317 e. The molecule has 0 aliphatic rings. The zero-order chi connectivity index (χ0) is 14.9. The van der Waals surface area contributed by atoms with Gasteiger partial charge in [0.15, 0.2) is 0 Å². The molecule has 2 amide bonds. The van der Waals surface area contributed by atoms with E-state index in [1.54, 1.807) is 18.7 Å². The highest BCUT2D eigenvalue weighted by Crippen LogP contribution is 2.13. The van der Waals surface area contributed by atoms with Crippen LogP contribution in [0.15, 0.2) is 0 Å². The number of hydrogen-bond donors (Lipinski definition) is 2. The number of carbonyl (C=O) groups is 2. The Hall–Kier alpha value is -1.26.